The molecule has 0 saturated carbocycles. The van der Waals surface area contributed by atoms with Crippen LogP contribution in [0.3, 0.4) is 0 Å². The fraction of sp³-hybridized carbons (Fsp3) is 0.500. The van der Waals surface area contributed by atoms with Gasteiger partial charge in [0.15, 0.2) is 0 Å². The summed E-state index contributed by atoms with van der Waals surface area (Å²) in [5, 5.41) is 13.2. The summed E-state index contributed by atoms with van der Waals surface area (Å²) < 4.78 is 0. The number of nitrogens with one attached hydrogen (secondary N) is 1. The molecule has 31 heavy (non-hydrogen) atoms. The predicted octanol–water partition coefficient (Wildman–Crippen LogP) is 2.69. The van der Waals surface area contributed by atoms with Crippen molar-refractivity contribution in [1.82, 2.24) is 15.1 Å². The van der Waals surface area contributed by atoms with Crippen LogP contribution in [0.1, 0.15) is 37.2 Å². The van der Waals surface area contributed by atoms with E-state index in [0.29, 0.717) is 25.4 Å². The number of nitrogens with zero attached hydrogens (tertiary/aromatic N) is 2. The molecule has 4 rings (SSSR count). The first-order chi connectivity index (χ1) is 15.0. The molecule has 3 aliphatic rings. The Kier molecular flexibility index (Phi) is 7.10. The number of benzene rings is 1. The Labute approximate surface area is 188 Å². The van der Waals surface area contributed by atoms with E-state index >= 15 is 0 Å². The molecule has 2 atom stereocenters. The Morgan fingerprint density at radius 2 is 1.84 bits per heavy atom. The van der Waals surface area contributed by atoms with Crippen molar-refractivity contribution in [2.45, 2.75) is 37.7 Å². The highest BCUT2D eigenvalue weighted by Gasteiger charge is 2.31. The second-order valence-corrected chi connectivity index (χ2v) is 9.17. The molecule has 166 valence electrons. The number of piperidine rings is 1. The van der Waals surface area contributed by atoms with E-state index in [9.17, 15) is 14.7 Å². The van der Waals surface area contributed by atoms with Gasteiger partial charge in [-0.05, 0) is 61.9 Å². The molecule has 2 amide bonds. The summed E-state index contributed by atoms with van der Waals surface area (Å²) in [6.45, 7) is 3.30. The maximum atomic E-state index is 12.8. The molecule has 0 bridgehead atoms. The van der Waals surface area contributed by atoms with E-state index in [1.807, 2.05) is 23.1 Å². The van der Waals surface area contributed by atoms with Crippen molar-refractivity contribution in [3.05, 3.63) is 58.8 Å². The van der Waals surface area contributed by atoms with Crippen molar-refractivity contribution < 1.29 is 14.7 Å². The molecule has 1 aromatic carbocycles. The van der Waals surface area contributed by atoms with Gasteiger partial charge in [0.05, 0.1) is 18.6 Å². The van der Waals surface area contributed by atoms with Gasteiger partial charge in [-0.3, -0.25) is 14.5 Å². The first kappa shape index (κ1) is 22.1. The number of carbonyl (C=O) groups is 2. The van der Waals surface area contributed by atoms with Crippen LogP contribution in [0.5, 0.6) is 0 Å². The lowest BCUT2D eigenvalue weighted by atomic mass is 9.89. The second-order valence-electron chi connectivity index (χ2n) is 8.74. The van der Waals surface area contributed by atoms with Gasteiger partial charge >= 0.3 is 0 Å². The standard InChI is InChI=1S/C24H30ClN3O3/c25-20-3-1-17(2-4-20)18-10-13-28(14-11-18)23(30)16-27-12-9-19(15-27)24(31)26-21-5-7-22(29)8-6-21/h1-7,18-19,22,29H,8-16H2,(H,26,31). The zero-order valence-electron chi connectivity index (χ0n) is 17.7. The quantitative estimate of drug-likeness (QED) is 0.733. The van der Waals surface area contributed by atoms with Crippen LogP contribution in [0.15, 0.2) is 48.2 Å². The van der Waals surface area contributed by atoms with Gasteiger partial charge in [-0.2, -0.15) is 0 Å². The smallest absolute Gasteiger partial charge is 0.236 e. The van der Waals surface area contributed by atoms with Crippen molar-refractivity contribution in [2.24, 2.45) is 5.92 Å². The van der Waals surface area contributed by atoms with Crippen LogP contribution < -0.4 is 5.32 Å². The molecule has 1 aliphatic carbocycles. The van der Waals surface area contributed by atoms with E-state index in [0.717, 1.165) is 49.6 Å². The molecule has 2 fully saturated rings. The fourth-order valence-electron chi connectivity index (χ4n) is 4.62. The van der Waals surface area contributed by atoms with Crippen molar-refractivity contribution in [3.8, 4) is 0 Å². The fourth-order valence-corrected chi connectivity index (χ4v) is 4.75. The van der Waals surface area contributed by atoms with Gasteiger partial charge in [0, 0.05) is 30.4 Å². The number of halogens is 1. The highest BCUT2D eigenvalue weighted by molar-refractivity contribution is 6.30. The molecule has 2 aliphatic heterocycles. The summed E-state index contributed by atoms with van der Waals surface area (Å²) in [6, 6.07) is 8.03. The van der Waals surface area contributed by atoms with Crippen LogP contribution in [0.25, 0.3) is 0 Å². The largest absolute Gasteiger partial charge is 0.389 e. The van der Waals surface area contributed by atoms with Crippen LogP contribution in [-0.4, -0.2) is 65.5 Å². The van der Waals surface area contributed by atoms with Crippen molar-refractivity contribution in [2.75, 3.05) is 32.7 Å². The summed E-state index contributed by atoms with van der Waals surface area (Å²) in [5.74, 6) is 0.517. The normalized spacial score (nSPS) is 24.8. The van der Waals surface area contributed by atoms with Crippen LogP contribution in [0.4, 0.5) is 0 Å². The number of hydrogen-bond donors (Lipinski definition) is 2. The first-order valence-electron chi connectivity index (χ1n) is 11.1. The highest BCUT2D eigenvalue weighted by atomic mass is 35.5. The molecule has 0 spiro atoms. The zero-order valence-corrected chi connectivity index (χ0v) is 18.4. The third-order valence-corrected chi connectivity index (χ3v) is 6.79. The SMILES string of the molecule is O=C(NC1=CCC(O)C=C1)C1CCN(CC(=O)N2CCC(c3ccc(Cl)cc3)CC2)C1. The Balaban J connectivity index is 1.20. The van der Waals surface area contributed by atoms with E-state index in [2.05, 4.69) is 22.3 Å². The highest BCUT2D eigenvalue weighted by Crippen LogP contribution is 2.29. The monoisotopic (exact) mass is 443 g/mol. The zero-order chi connectivity index (χ0) is 21.8. The summed E-state index contributed by atoms with van der Waals surface area (Å²) in [4.78, 5) is 29.4. The van der Waals surface area contributed by atoms with E-state index in [1.54, 1.807) is 12.2 Å². The Morgan fingerprint density at radius 1 is 1.10 bits per heavy atom. The molecular weight excluding hydrogens is 414 g/mol. The average Bonchev–Trinajstić information content (AvgIpc) is 3.25. The van der Waals surface area contributed by atoms with Crippen LogP contribution in [0.2, 0.25) is 5.02 Å². The number of carbonyl (C=O) groups excluding carboxylic acids is 2. The first-order valence-corrected chi connectivity index (χ1v) is 11.5. The van der Waals surface area contributed by atoms with Gasteiger partial charge in [0.1, 0.15) is 0 Å². The topological polar surface area (TPSA) is 72.9 Å². The summed E-state index contributed by atoms with van der Waals surface area (Å²) >= 11 is 5.98. The summed E-state index contributed by atoms with van der Waals surface area (Å²) in [6.07, 6.45) is 8.02. The van der Waals surface area contributed by atoms with E-state index in [1.165, 1.54) is 5.56 Å². The van der Waals surface area contributed by atoms with Gasteiger partial charge in [0.25, 0.3) is 0 Å². The van der Waals surface area contributed by atoms with Crippen molar-refractivity contribution >= 4 is 23.4 Å². The number of aliphatic hydroxyl groups excluding tert-OH is 1. The van der Waals surface area contributed by atoms with Gasteiger partial charge in [-0.15, -0.1) is 0 Å². The maximum Gasteiger partial charge on any atom is 0.236 e. The molecule has 7 heteroatoms. The van der Waals surface area contributed by atoms with Gasteiger partial charge in [-0.1, -0.05) is 35.9 Å². The lowest BCUT2D eigenvalue weighted by molar-refractivity contribution is -0.133. The van der Waals surface area contributed by atoms with Crippen LogP contribution >= 0.6 is 11.6 Å². The molecule has 1 aromatic rings. The molecule has 0 radical (unpaired) electrons. The Hall–Kier alpha value is -2.15. The molecule has 2 heterocycles. The van der Waals surface area contributed by atoms with E-state index in [4.69, 9.17) is 11.6 Å². The minimum absolute atomic E-state index is 0.00832. The third kappa shape index (κ3) is 5.76. The van der Waals surface area contributed by atoms with Gasteiger partial charge in [-0.25, -0.2) is 0 Å². The molecular formula is C24H30ClN3O3. The van der Waals surface area contributed by atoms with Crippen LogP contribution in [-0.2, 0) is 9.59 Å². The van der Waals surface area contributed by atoms with Crippen molar-refractivity contribution in [3.63, 3.8) is 0 Å². The number of rotatable bonds is 5. The minimum Gasteiger partial charge on any atom is -0.389 e. The number of allylic oxidation sites excluding steroid dienone is 1. The second kappa shape index (κ2) is 9.98. The molecule has 6 nitrogen and oxygen atoms in total. The Bertz CT molecular complexity index is 859. The number of likely N-dealkylation sites (tertiary alicyclic amines) is 2. The molecule has 0 aromatic heterocycles. The average molecular weight is 444 g/mol. The summed E-state index contributed by atoms with van der Waals surface area (Å²) in [7, 11) is 0. The predicted molar refractivity (Wildman–Crippen MR) is 121 cm³/mol. The number of amides is 2. The van der Waals surface area contributed by atoms with E-state index in [-0.39, 0.29) is 17.7 Å². The maximum absolute atomic E-state index is 12.8. The van der Waals surface area contributed by atoms with Crippen molar-refractivity contribution in [1.29, 1.82) is 0 Å². The van der Waals surface area contributed by atoms with Crippen LogP contribution in [0, 0.1) is 5.92 Å². The third-order valence-electron chi connectivity index (χ3n) is 6.54. The Morgan fingerprint density at radius 3 is 2.52 bits per heavy atom. The lowest BCUT2D eigenvalue weighted by Crippen LogP contribution is -2.43. The molecule has 2 unspecified atom stereocenters. The number of hydrogen-bond acceptors (Lipinski definition) is 4. The molecule has 2 saturated heterocycles. The van der Waals surface area contributed by atoms with E-state index < -0.39 is 6.10 Å². The minimum atomic E-state index is -0.468. The molecule has 2 N–H and O–H groups in total. The lowest BCUT2D eigenvalue weighted by Gasteiger charge is -2.33. The summed E-state index contributed by atoms with van der Waals surface area (Å²) in [5.41, 5.74) is 2.04. The van der Waals surface area contributed by atoms with Gasteiger partial charge in [0.2, 0.25) is 11.8 Å². The van der Waals surface area contributed by atoms with Gasteiger partial charge < -0.3 is 15.3 Å². The number of aliphatic hydroxyl groups is 1.